The SMILES string of the molecule is CCc1nnc(N2CCN(c3nnc(CC)c(CC)c3C#N)CC2)c(C#N)c1CC. The molecule has 0 N–H and O–H groups in total. The first kappa shape index (κ1) is 21.4. The maximum Gasteiger partial charge on any atom is 0.169 e. The van der Waals surface area contributed by atoms with Crippen molar-refractivity contribution in [3.63, 3.8) is 0 Å². The Labute approximate surface area is 178 Å². The third kappa shape index (κ3) is 3.78. The number of hydrogen-bond acceptors (Lipinski definition) is 8. The molecule has 156 valence electrons. The predicted octanol–water partition coefficient (Wildman–Crippen LogP) is 2.59. The first-order chi connectivity index (χ1) is 14.6. The minimum atomic E-state index is 0.635. The lowest BCUT2D eigenvalue weighted by molar-refractivity contribution is 0.629. The number of aromatic nitrogens is 4. The van der Waals surface area contributed by atoms with Crippen molar-refractivity contribution in [2.75, 3.05) is 36.0 Å². The molecule has 0 bridgehead atoms. The van der Waals surface area contributed by atoms with Gasteiger partial charge in [-0.25, -0.2) is 0 Å². The molecule has 0 unspecified atom stereocenters. The van der Waals surface area contributed by atoms with Crippen LogP contribution >= 0.6 is 0 Å². The van der Waals surface area contributed by atoms with Crippen molar-refractivity contribution in [1.82, 2.24) is 20.4 Å². The van der Waals surface area contributed by atoms with Gasteiger partial charge in [-0.1, -0.05) is 27.7 Å². The minimum absolute atomic E-state index is 0.635. The van der Waals surface area contributed by atoms with Gasteiger partial charge in [0.15, 0.2) is 11.6 Å². The van der Waals surface area contributed by atoms with Gasteiger partial charge >= 0.3 is 0 Å². The molecule has 0 amide bonds. The summed E-state index contributed by atoms with van der Waals surface area (Å²) in [6.07, 6.45) is 3.06. The molecule has 1 fully saturated rings. The van der Waals surface area contributed by atoms with E-state index in [1.807, 2.05) is 27.7 Å². The minimum Gasteiger partial charge on any atom is -0.350 e. The van der Waals surface area contributed by atoms with Crippen LogP contribution in [-0.4, -0.2) is 46.6 Å². The number of nitriles is 2. The van der Waals surface area contributed by atoms with Crippen molar-refractivity contribution >= 4 is 11.6 Å². The van der Waals surface area contributed by atoms with Crippen molar-refractivity contribution in [1.29, 1.82) is 10.5 Å². The molecule has 1 aliphatic rings. The van der Waals surface area contributed by atoms with E-state index in [0.29, 0.717) is 48.9 Å². The van der Waals surface area contributed by atoms with Gasteiger partial charge in [0.05, 0.1) is 11.4 Å². The van der Waals surface area contributed by atoms with Crippen molar-refractivity contribution in [2.24, 2.45) is 0 Å². The summed E-state index contributed by atoms with van der Waals surface area (Å²) in [7, 11) is 0. The zero-order chi connectivity index (χ0) is 21.7. The van der Waals surface area contributed by atoms with Gasteiger partial charge in [-0.15, -0.1) is 10.2 Å². The van der Waals surface area contributed by atoms with E-state index in [-0.39, 0.29) is 0 Å². The van der Waals surface area contributed by atoms with Gasteiger partial charge in [0.2, 0.25) is 0 Å². The fourth-order valence-electron chi connectivity index (χ4n) is 4.13. The van der Waals surface area contributed by atoms with Crippen LogP contribution in [-0.2, 0) is 25.7 Å². The molecule has 30 heavy (non-hydrogen) atoms. The molecule has 0 spiro atoms. The second-order valence-corrected chi connectivity index (χ2v) is 7.26. The molecule has 1 aliphatic heterocycles. The van der Waals surface area contributed by atoms with Gasteiger partial charge in [-0.2, -0.15) is 20.7 Å². The fourth-order valence-corrected chi connectivity index (χ4v) is 4.13. The van der Waals surface area contributed by atoms with E-state index in [1.54, 1.807) is 0 Å². The molecule has 0 aromatic carbocycles. The third-order valence-corrected chi connectivity index (χ3v) is 5.76. The number of hydrogen-bond donors (Lipinski definition) is 0. The van der Waals surface area contributed by atoms with E-state index in [0.717, 1.165) is 48.2 Å². The second kappa shape index (κ2) is 9.49. The third-order valence-electron chi connectivity index (χ3n) is 5.76. The maximum atomic E-state index is 9.78. The van der Waals surface area contributed by atoms with Crippen LogP contribution in [0.1, 0.15) is 61.3 Å². The molecule has 8 nitrogen and oxygen atoms in total. The molecule has 2 aromatic heterocycles. The standard InChI is InChI=1S/C22H28N8/c1-5-15-17(13-23)21(27-25-19(15)7-3)29-9-11-30(12-10-29)22-18(14-24)16(6-2)20(8-4)26-28-22/h5-12H2,1-4H3. The van der Waals surface area contributed by atoms with Crippen LogP contribution < -0.4 is 9.80 Å². The quantitative estimate of drug-likeness (QED) is 0.723. The van der Waals surface area contributed by atoms with Crippen molar-refractivity contribution in [2.45, 2.75) is 53.4 Å². The summed E-state index contributed by atoms with van der Waals surface area (Å²) in [5.41, 5.74) is 5.05. The van der Waals surface area contributed by atoms with E-state index in [9.17, 15) is 10.5 Å². The molecular weight excluding hydrogens is 376 g/mol. The Balaban J connectivity index is 1.86. The average molecular weight is 405 g/mol. The van der Waals surface area contributed by atoms with Gasteiger partial charge < -0.3 is 9.80 Å². The zero-order valence-corrected chi connectivity index (χ0v) is 18.2. The van der Waals surface area contributed by atoms with Crippen molar-refractivity contribution < 1.29 is 0 Å². The molecular formula is C22H28N8. The maximum absolute atomic E-state index is 9.78. The monoisotopic (exact) mass is 404 g/mol. The Morgan fingerprint density at radius 1 is 0.633 bits per heavy atom. The smallest absolute Gasteiger partial charge is 0.169 e. The van der Waals surface area contributed by atoms with Crippen LogP contribution in [0.3, 0.4) is 0 Å². The van der Waals surface area contributed by atoms with Crippen LogP contribution in [0.2, 0.25) is 0 Å². The molecule has 3 rings (SSSR count). The normalized spacial score (nSPS) is 13.8. The lowest BCUT2D eigenvalue weighted by Gasteiger charge is -2.36. The molecule has 0 atom stereocenters. The number of aryl methyl sites for hydroxylation is 2. The van der Waals surface area contributed by atoms with E-state index in [4.69, 9.17) is 0 Å². The van der Waals surface area contributed by atoms with Crippen molar-refractivity contribution in [3.05, 3.63) is 33.6 Å². The number of nitrogens with zero attached hydrogens (tertiary/aromatic N) is 8. The van der Waals surface area contributed by atoms with Crippen molar-refractivity contribution in [3.8, 4) is 12.1 Å². The highest BCUT2D eigenvalue weighted by atomic mass is 15.3. The lowest BCUT2D eigenvalue weighted by Crippen LogP contribution is -2.48. The Morgan fingerprint density at radius 2 is 1.00 bits per heavy atom. The average Bonchev–Trinajstić information content (AvgIpc) is 2.81. The van der Waals surface area contributed by atoms with Gasteiger partial charge in [0.25, 0.3) is 0 Å². The van der Waals surface area contributed by atoms with Crippen LogP contribution in [0.4, 0.5) is 11.6 Å². The van der Waals surface area contributed by atoms with Gasteiger partial charge in [-0.3, -0.25) is 0 Å². The first-order valence-electron chi connectivity index (χ1n) is 10.7. The van der Waals surface area contributed by atoms with Crippen LogP contribution in [0, 0.1) is 22.7 Å². The molecule has 8 heteroatoms. The second-order valence-electron chi connectivity index (χ2n) is 7.26. The Bertz CT molecular complexity index is 912. The highest BCUT2D eigenvalue weighted by Crippen LogP contribution is 2.27. The molecule has 3 heterocycles. The summed E-state index contributed by atoms with van der Waals surface area (Å²) < 4.78 is 0. The Hall–Kier alpha value is -3.26. The summed E-state index contributed by atoms with van der Waals surface area (Å²) in [4.78, 5) is 4.22. The highest BCUT2D eigenvalue weighted by molar-refractivity contribution is 5.61. The van der Waals surface area contributed by atoms with Gasteiger partial charge in [0, 0.05) is 26.2 Å². The van der Waals surface area contributed by atoms with Crippen LogP contribution in [0.5, 0.6) is 0 Å². The molecule has 0 aliphatic carbocycles. The highest BCUT2D eigenvalue weighted by Gasteiger charge is 2.26. The number of anilines is 2. The largest absolute Gasteiger partial charge is 0.350 e. The zero-order valence-electron chi connectivity index (χ0n) is 18.2. The number of piperazine rings is 1. The Kier molecular flexibility index (Phi) is 6.79. The van der Waals surface area contributed by atoms with E-state index < -0.39 is 0 Å². The summed E-state index contributed by atoms with van der Waals surface area (Å²) >= 11 is 0. The molecule has 0 saturated carbocycles. The summed E-state index contributed by atoms with van der Waals surface area (Å²) in [5, 5.41) is 37.1. The predicted molar refractivity (Wildman–Crippen MR) is 115 cm³/mol. The lowest BCUT2D eigenvalue weighted by atomic mass is 10.0. The topological polar surface area (TPSA) is 106 Å². The van der Waals surface area contributed by atoms with Gasteiger partial charge in [-0.05, 0) is 36.8 Å². The summed E-state index contributed by atoms with van der Waals surface area (Å²) in [5.74, 6) is 1.32. The molecule has 2 aromatic rings. The van der Waals surface area contributed by atoms with Gasteiger partial charge in [0.1, 0.15) is 23.3 Å². The molecule has 0 radical (unpaired) electrons. The summed E-state index contributed by atoms with van der Waals surface area (Å²) in [6.45, 7) is 10.9. The number of rotatable bonds is 6. The van der Waals surface area contributed by atoms with E-state index in [1.165, 1.54) is 0 Å². The van der Waals surface area contributed by atoms with Crippen LogP contribution in [0.15, 0.2) is 0 Å². The fraction of sp³-hybridized carbons (Fsp3) is 0.545. The van der Waals surface area contributed by atoms with E-state index in [2.05, 4.69) is 42.3 Å². The first-order valence-corrected chi connectivity index (χ1v) is 10.7. The van der Waals surface area contributed by atoms with Crippen LogP contribution in [0.25, 0.3) is 0 Å². The Morgan fingerprint density at radius 3 is 1.27 bits per heavy atom. The molecule has 1 saturated heterocycles. The summed E-state index contributed by atoms with van der Waals surface area (Å²) in [6, 6.07) is 4.71. The van der Waals surface area contributed by atoms with E-state index >= 15 is 0 Å².